The van der Waals surface area contributed by atoms with Crippen LogP contribution in [0, 0.1) is 0 Å². The number of nitrogens with one attached hydrogen (secondary N) is 2. The molecule has 118 valence electrons. The highest BCUT2D eigenvalue weighted by molar-refractivity contribution is 5.85. The number of H-pyrrole nitrogens is 1. The Morgan fingerprint density at radius 3 is 2.87 bits per heavy atom. The molecule has 0 aliphatic heterocycles. The van der Waals surface area contributed by atoms with E-state index in [0.717, 1.165) is 16.6 Å². The number of hydrogen-bond acceptors (Lipinski definition) is 5. The monoisotopic (exact) mass is 310 g/mol. The van der Waals surface area contributed by atoms with Gasteiger partial charge in [0.1, 0.15) is 0 Å². The van der Waals surface area contributed by atoms with Gasteiger partial charge in [0.05, 0.1) is 31.0 Å². The van der Waals surface area contributed by atoms with Crippen molar-refractivity contribution in [2.24, 2.45) is 5.10 Å². The van der Waals surface area contributed by atoms with E-state index in [1.54, 1.807) is 13.3 Å². The molecule has 0 aliphatic carbocycles. The summed E-state index contributed by atoms with van der Waals surface area (Å²) in [4.78, 5) is 7.55. The predicted molar refractivity (Wildman–Crippen MR) is 91.5 cm³/mol. The maximum absolute atomic E-state index is 5.55. The molecule has 0 unspecified atom stereocenters. The molecule has 0 amide bonds. The van der Waals surface area contributed by atoms with Crippen LogP contribution in [0.1, 0.15) is 12.5 Å². The molecule has 2 N–H and O–H groups in total. The Kier molecular flexibility index (Phi) is 4.42. The third kappa shape index (κ3) is 3.26. The lowest BCUT2D eigenvalue weighted by molar-refractivity contribution is 0.311. The molecule has 23 heavy (non-hydrogen) atoms. The highest BCUT2D eigenvalue weighted by atomic mass is 16.5. The molecular formula is C17H18N4O2. The quantitative estimate of drug-likeness (QED) is 0.540. The second-order valence-corrected chi connectivity index (χ2v) is 4.78. The minimum absolute atomic E-state index is 0.578. The van der Waals surface area contributed by atoms with Gasteiger partial charge in [-0.2, -0.15) is 5.10 Å². The van der Waals surface area contributed by atoms with E-state index < -0.39 is 0 Å². The van der Waals surface area contributed by atoms with Crippen molar-refractivity contribution in [3.05, 3.63) is 48.0 Å². The zero-order chi connectivity index (χ0) is 16.1. The number of anilines is 1. The number of fused-ring (bicyclic) bond motifs is 1. The minimum atomic E-state index is 0.578. The van der Waals surface area contributed by atoms with Crippen LogP contribution in [0.4, 0.5) is 5.95 Å². The molecule has 0 saturated heterocycles. The van der Waals surface area contributed by atoms with Crippen molar-refractivity contribution in [3.8, 4) is 11.5 Å². The summed E-state index contributed by atoms with van der Waals surface area (Å²) in [5.74, 6) is 1.94. The fourth-order valence-electron chi connectivity index (χ4n) is 2.29. The number of hydrazone groups is 1. The summed E-state index contributed by atoms with van der Waals surface area (Å²) in [7, 11) is 1.61. The van der Waals surface area contributed by atoms with Crippen molar-refractivity contribution in [2.45, 2.75) is 6.92 Å². The van der Waals surface area contributed by atoms with E-state index in [0.29, 0.717) is 24.1 Å². The van der Waals surface area contributed by atoms with Crippen molar-refractivity contribution in [1.82, 2.24) is 9.97 Å². The van der Waals surface area contributed by atoms with Gasteiger partial charge in [0.15, 0.2) is 11.5 Å². The van der Waals surface area contributed by atoms with E-state index in [-0.39, 0.29) is 0 Å². The average molecular weight is 310 g/mol. The lowest BCUT2D eigenvalue weighted by Crippen LogP contribution is -1.99. The first kappa shape index (κ1) is 14.9. The maximum atomic E-state index is 5.55. The normalized spacial score (nSPS) is 11.0. The van der Waals surface area contributed by atoms with E-state index in [1.165, 1.54) is 0 Å². The molecule has 0 aliphatic rings. The van der Waals surface area contributed by atoms with Gasteiger partial charge >= 0.3 is 0 Å². The highest BCUT2D eigenvalue weighted by Gasteiger charge is 2.08. The number of ether oxygens (including phenoxy) is 2. The van der Waals surface area contributed by atoms with Crippen LogP contribution in [-0.2, 0) is 0 Å². The second-order valence-electron chi connectivity index (χ2n) is 4.78. The number of rotatable bonds is 6. The third-order valence-electron chi connectivity index (χ3n) is 3.28. The number of benzene rings is 2. The first-order valence-corrected chi connectivity index (χ1v) is 7.35. The zero-order valence-electron chi connectivity index (χ0n) is 13.0. The summed E-state index contributed by atoms with van der Waals surface area (Å²) in [5.41, 5.74) is 5.56. The van der Waals surface area contributed by atoms with Crippen LogP contribution in [0.3, 0.4) is 0 Å². The van der Waals surface area contributed by atoms with Crippen molar-refractivity contribution in [1.29, 1.82) is 0 Å². The molecule has 0 spiro atoms. The van der Waals surface area contributed by atoms with Crippen LogP contribution in [0.15, 0.2) is 47.6 Å². The number of para-hydroxylation sites is 3. The average Bonchev–Trinajstić information content (AvgIpc) is 2.98. The number of aromatic amines is 1. The summed E-state index contributed by atoms with van der Waals surface area (Å²) >= 11 is 0. The first-order valence-electron chi connectivity index (χ1n) is 7.35. The van der Waals surface area contributed by atoms with Crippen LogP contribution in [-0.4, -0.2) is 29.9 Å². The topological polar surface area (TPSA) is 71.5 Å². The standard InChI is InChI=1S/C17H18N4O2/c1-3-23-15-10-6-7-12(16(15)22-2)11-18-21-17-19-13-8-4-5-9-14(13)20-17/h4-11H,3H2,1-2H3,(H2,19,20,21)/b18-11-. The number of imidazole rings is 1. The molecule has 6 nitrogen and oxygen atoms in total. The number of nitrogens with zero attached hydrogens (tertiary/aromatic N) is 2. The predicted octanol–water partition coefficient (Wildman–Crippen LogP) is 3.42. The van der Waals surface area contributed by atoms with Gasteiger partial charge in [-0.15, -0.1) is 0 Å². The van der Waals surface area contributed by atoms with Crippen molar-refractivity contribution >= 4 is 23.2 Å². The van der Waals surface area contributed by atoms with Gasteiger partial charge in [-0.1, -0.05) is 18.2 Å². The Morgan fingerprint density at radius 1 is 1.22 bits per heavy atom. The van der Waals surface area contributed by atoms with Crippen molar-refractivity contribution in [2.75, 3.05) is 19.1 Å². The van der Waals surface area contributed by atoms with Gasteiger partial charge in [-0.05, 0) is 31.2 Å². The smallest absolute Gasteiger partial charge is 0.222 e. The number of methoxy groups -OCH3 is 1. The van der Waals surface area contributed by atoms with Crippen LogP contribution in [0.5, 0.6) is 11.5 Å². The third-order valence-corrected chi connectivity index (χ3v) is 3.28. The van der Waals surface area contributed by atoms with E-state index in [1.807, 2.05) is 49.4 Å². The minimum Gasteiger partial charge on any atom is -0.492 e. The van der Waals surface area contributed by atoms with Crippen LogP contribution < -0.4 is 14.9 Å². The summed E-state index contributed by atoms with van der Waals surface area (Å²) < 4.78 is 11.0. The van der Waals surface area contributed by atoms with E-state index in [9.17, 15) is 0 Å². The van der Waals surface area contributed by atoms with Gasteiger partial charge < -0.3 is 14.5 Å². The lowest BCUT2D eigenvalue weighted by atomic mass is 10.2. The SMILES string of the molecule is CCOc1cccc(/C=N\Nc2nc3ccccc3[nH]2)c1OC. The van der Waals surface area contributed by atoms with Crippen LogP contribution >= 0.6 is 0 Å². The number of aromatic nitrogens is 2. The second kappa shape index (κ2) is 6.83. The molecule has 0 saturated carbocycles. The molecule has 3 aromatic rings. The first-order chi connectivity index (χ1) is 11.3. The Labute approximate surface area is 134 Å². The van der Waals surface area contributed by atoms with E-state index in [2.05, 4.69) is 20.5 Å². The summed E-state index contributed by atoms with van der Waals surface area (Å²) in [6, 6.07) is 13.5. The van der Waals surface area contributed by atoms with Gasteiger partial charge in [-0.3, -0.25) is 0 Å². The summed E-state index contributed by atoms with van der Waals surface area (Å²) in [6.45, 7) is 2.51. The number of hydrogen-bond donors (Lipinski definition) is 2. The van der Waals surface area contributed by atoms with Gasteiger partial charge in [0.2, 0.25) is 5.95 Å². The van der Waals surface area contributed by atoms with Crippen LogP contribution in [0.25, 0.3) is 11.0 Å². The molecule has 3 rings (SSSR count). The van der Waals surface area contributed by atoms with E-state index >= 15 is 0 Å². The largest absolute Gasteiger partial charge is 0.492 e. The van der Waals surface area contributed by atoms with Crippen LogP contribution in [0.2, 0.25) is 0 Å². The Hall–Kier alpha value is -3.02. The summed E-state index contributed by atoms with van der Waals surface area (Å²) in [5, 5.41) is 4.21. The molecule has 0 atom stereocenters. The Bertz CT molecular complexity index is 793. The molecule has 0 fully saturated rings. The van der Waals surface area contributed by atoms with Gasteiger partial charge in [0.25, 0.3) is 0 Å². The highest BCUT2D eigenvalue weighted by Crippen LogP contribution is 2.29. The molecule has 2 aromatic carbocycles. The molecule has 6 heteroatoms. The summed E-state index contributed by atoms with van der Waals surface area (Å²) in [6.07, 6.45) is 1.68. The fraction of sp³-hybridized carbons (Fsp3) is 0.176. The van der Waals surface area contributed by atoms with Gasteiger partial charge in [-0.25, -0.2) is 10.4 Å². The lowest BCUT2D eigenvalue weighted by Gasteiger charge is -2.10. The van der Waals surface area contributed by atoms with E-state index in [4.69, 9.17) is 9.47 Å². The molecule has 1 heterocycles. The Morgan fingerprint density at radius 2 is 2.09 bits per heavy atom. The van der Waals surface area contributed by atoms with Gasteiger partial charge in [0, 0.05) is 5.56 Å². The molecular weight excluding hydrogens is 292 g/mol. The molecule has 0 radical (unpaired) electrons. The molecule has 1 aromatic heterocycles. The maximum Gasteiger partial charge on any atom is 0.222 e. The molecule has 0 bridgehead atoms. The van der Waals surface area contributed by atoms with Crippen molar-refractivity contribution < 1.29 is 9.47 Å². The Balaban J connectivity index is 1.78. The zero-order valence-corrected chi connectivity index (χ0v) is 13.0. The fourth-order valence-corrected chi connectivity index (χ4v) is 2.29. The van der Waals surface area contributed by atoms with Crippen molar-refractivity contribution in [3.63, 3.8) is 0 Å².